The van der Waals surface area contributed by atoms with Gasteiger partial charge in [-0.15, -0.1) is 0 Å². The average Bonchev–Trinajstić information content (AvgIpc) is 2.97. The highest BCUT2D eigenvalue weighted by molar-refractivity contribution is 14.1. The van der Waals surface area contributed by atoms with E-state index in [0.717, 1.165) is 0 Å². The van der Waals surface area contributed by atoms with Crippen LogP contribution in [0, 0.1) is 0 Å². The fraction of sp³-hybridized carbons (Fsp3) is 0.364. The Labute approximate surface area is 127 Å². The lowest BCUT2D eigenvalue weighted by molar-refractivity contribution is -0.0244. The number of aromatic nitrogens is 4. The number of ether oxygens (including phenoxy) is 1. The van der Waals surface area contributed by atoms with Crippen molar-refractivity contribution in [3.8, 4) is 0 Å². The van der Waals surface area contributed by atoms with Crippen LogP contribution in [0.5, 0.6) is 0 Å². The van der Waals surface area contributed by atoms with E-state index in [2.05, 4.69) is 15.0 Å². The van der Waals surface area contributed by atoms with Crippen LogP contribution in [0.2, 0.25) is 0 Å². The van der Waals surface area contributed by atoms with Gasteiger partial charge in [-0.1, -0.05) is 22.6 Å². The largest absolute Gasteiger partial charge is 0.387 e. The molecule has 106 valence electrons. The van der Waals surface area contributed by atoms with Crippen LogP contribution in [-0.4, -0.2) is 48.0 Å². The summed E-state index contributed by atoms with van der Waals surface area (Å²) in [6.45, 7) is 0. The number of aliphatic hydroxyl groups excluding tert-OH is 2. The summed E-state index contributed by atoms with van der Waals surface area (Å²) in [4.78, 5) is 12.1. The van der Waals surface area contributed by atoms with Gasteiger partial charge in [0.25, 0.3) is 0 Å². The van der Waals surface area contributed by atoms with Crippen LogP contribution in [0.1, 0.15) is 6.23 Å². The molecule has 1 fully saturated rings. The smallest absolute Gasteiger partial charge is 0.167 e. The molecule has 1 aliphatic rings. The Bertz CT molecular complexity index is 661. The van der Waals surface area contributed by atoms with Gasteiger partial charge >= 0.3 is 0 Å². The third kappa shape index (κ3) is 2.06. The highest BCUT2D eigenvalue weighted by Crippen LogP contribution is 2.32. The quantitative estimate of drug-likeness (QED) is 0.618. The maximum absolute atomic E-state index is 10.1. The molecule has 8 nitrogen and oxygen atoms in total. The number of hydrogen-bond donors (Lipinski definition) is 3. The van der Waals surface area contributed by atoms with Crippen LogP contribution in [0.25, 0.3) is 11.2 Å². The maximum Gasteiger partial charge on any atom is 0.167 e. The second kappa shape index (κ2) is 5.24. The summed E-state index contributed by atoms with van der Waals surface area (Å²) in [6, 6.07) is 0. The number of halogens is 1. The lowest BCUT2D eigenvalue weighted by Crippen LogP contribution is -2.30. The Morgan fingerprint density at radius 3 is 2.85 bits per heavy atom. The number of hydrogen-bond acceptors (Lipinski definition) is 7. The second-order valence-corrected chi connectivity index (χ2v) is 5.09. The summed E-state index contributed by atoms with van der Waals surface area (Å²) in [5.41, 5.74) is 6.60. The lowest BCUT2D eigenvalue weighted by Gasteiger charge is -2.16. The minimum absolute atomic E-state index is 0.255. The van der Waals surface area contributed by atoms with Gasteiger partial charge in [-0.05, 0) is 10.2 Å². The maximum atomic E-state index is 10.1. The van der Waals surface area contributed by atoms with E-state index in [-0.39, 0.29) is 5.82 Å². The van der Waals surface area contributed by atoms with E-state index in [1.54, 1.807) is 14.7 Å². The van der Waals surface area contributed by atoms with Crippen LogP contribution in [-0.2, 0) is 4.74 Å². The Hall–Kier alpha value is -1.30. The first kappa shape index (κ1) is 13.7. The molecular weight excluding hydrogens is 377 g/mol. The van der Waals surface area contributed by atoms with Crippen molar-refractivity contribution in [1.82, 2.24) is 19.5 Å². The number of imidazole rings is 1. The molecule has 4 atom stereocenters. The van der Waals surface area contributed by atoms with Crippen LogP contribution in [0.4, 0.5) is 5.82 Å². The van der Waals surface area contributed by atoms with Gasteiger partial charge in [-0.25, -0.2) is 15.0 Å². The van der Waals surface area contributed by atoms with E-state index >= 15 is 0 Å². The van der Waals surface area contributed by atoms with Crippen molar-refractivity contribution in [1.29, 1.82) is 0 Å². The summed E-state index contributed by atoms with van der Waals surface area (Å²) >= 11 is 2.02. The molecule has 2 aromatic rings. The first-order valence-electron chi connectivity index (χ1n) is 5.85. The van der Waals surface area contributed by atoms with Crippen molar-refractivity contribution in [3.63, 3.8) is 0 Å². The predicted molar refractivity (Wildman–Crippen MR) is 78.8 cm³/mol. The monoisotopic (exact) mass is 389 g/mol. The van der Waals surface area contributed by atoms with Crippen LogP contribution >= 0.6 is 22.6 Å². The van der Waals surface area contributed by atoms with E-state index in [1.807, 2.05) is 22.6 Å². The van der Waals surface area contributed by atoms with Gasteiger partial charge in [-0.3, -0.25) is 4.57 Å². The van der Waals surface area contributed by atoms with Gasteiger partial charge in [0.1, 0.15) is 30.2 Å². The predicted octanol–water partition coefficient (Wildman–Crippen LogP) is -0.0236. The molecule has 9 heteroatoms. The Morgan fingerprint density at radius 2 is 2.10 bits per heavy atom. The zero-order valence-corrected chi connectivity index (χ0v) is 12.3. The molecule has 4 N–H and O–H groups in total. The summed E-state index contributed by atoms with van der Waals surface area (Å²) in [6.07, 6.45) is 1.01. The summed E-state index contributed by atoms with van der Waals surface area (Å²) in [7, 11) is 0. The Morgan fingerprint density at radius 1 is 1.30 bits per heavy atom. The molecule has 1 saturated heterocycles. The van der Waals surface area contributed by atoms with Gasteiger partial charge in [-0.2, -0.15) is 0 Å². The van der Waals surface area contributed by atoms with Crippen LogP contribution < -0.4 is 5.73 Å². The highest BCUT2D eigenvalue weighted by Gasteiger charge is 2.43. The molecule has 0 bridgehead atoms. The van der Waals surface area contributed by atoms with Crippen molar-refractivity contribution >= 4 is 39.6 Å². The summed E-state index contributed by atoms with van der Waals surface area (Å²) < 4.78 is 8.92. The fourth-order valence-electron chi connectivity index (χ4n) is 2.20. The van der Waals surface area contributed by atoms with Crippen molar-refractivity contribution in [2.45, 2.75) is 24.5 Å². The minimum Gasteiger partial charge on any atom is -0.387 e. The number of aliphatic hydroxyl groups is 2. The number of nitrogens with two attached hydrogens (primary N) is 1. The summed E-state index contributed by atoms with van der Waals surface area (Å²) in [5, 5.41) is 20.1. The normalized spacial score (nSPS) is 30.6. The van der Waals surface area contributed by atoms with Crippen molar-refractivity contribution in [2.24, 2.45) is 0 Å². The first-order valence-corrected chi connectivity index (χ1v) is 7.09. The number of nitrogens with zero attached hydrogens (tertiary/aromatic N) is 4. The first-order chi connectivity index (χ1) is 9.63. The molecule has 0 spiro atoms. The molecule has 0 aliphatic carbocycles. The minimum atomic E-state index is -1.08. The number of rotatable bonds is 2. The SMILES string of the molecule is Nc1ncnc2c1ncn2[C@@H]1O[C@H](/C=C/I)[C@@H](O)[C@H]1O. The van der Waals surface area contributed by atoms with Gasteiger partial charge in [0.05, 0.1) is 6.33 Å². The average molecular weight is 389 g/mol. The van der Waals surface area contributed by atoms with Crippen molar-refractivity contribution in [2.75, 3.05) is 5.73 Å². The lowest BCUT2D eigenvalue weighted by atomic mass is 10.1. The fourth-order valence-corrected chi connectivity index (χ4v) is 2.61. The van der Waals surface area contributed by atoms with Gasteiger partial charge in [0, 0.05) is 0 Å². The molecule has 0 aromatic carbocycles. The third-order valence-electron chi connectivity index (χ3n) is 3.20. The van der Waals surface area contributed by atoms with Crippen molar-refractivity contribution < 1.29 is 14.9 Å². The zero-order chi connectivity index (χ0) is 14.3. The van der Waals surface area contributed by atoms with E-state index in [4.69, 9.17) is 10.5 Å². The molecule has 0 amide bonds. The van der Waals surface area contributed by atoms with Gasteiger partial charge < -0.3 is 20.7 Å². The van der Waals surface area contributed by atoms with Crippen molar-refractivity contribution in [3.05, 3.63) is 22.8 Å². The molecular formula is C11H12IN5O3. The van der Waals surface area contributed by atoms with Crippen LogP contribution in [0.15, 0.2) is 22.8 Å². The van der Waals surface area contributed by atoms with E-state index in [1.165, 1.54) is 12.7 Å². The van der Waals surface area contributed by atoms with Gasteiger partial charge in [0.15, 0.2) is 17.7 Å². The molecule has 20 heavy (non-hydrogen) atoms. The Balaban J connectivity index is 2.02. The highest BCUT2D eigenvalue weighted by atomic mass is 127. The topological polar surface area (TPSA) is 119 Å². The van der Waals surface area contributed by atoms with E-state index in [9.17, 15) is 10.2 Å². The standard InChI is InChI=1S/C11H12IN5O3/c12-2-1-5-7(18)8(19)11(20-5)17-4-16-6-9(13)14-3-15-10(6)17/h1-5,7-8,11,18-19H,(H2,13,14,15)/b2-1+/t5-,7-,8-,11-/m1/s1. The third-order valence-corrected chi connectivity index (χ3v) is 3.61. The molecule has 1 aliphatic heterocycles. The second-order valence-electron chi connectivity index (χ2n) is 4.37. The van der Waals surface area contributed by atoms with Crippen LogP contribution in [0.3, 0.4) is 0 Å². The summed E-state index contributed by atoms with van der Waals surface area (Å²) in [5.74, 6) is 0.255. The Kier molecular flexibility index (Phi) is 3.58. The molecule has 3 rings (SSSR count). The molecule has 0 saturated carbocycles. The number of fused-ring (bicyclic) bond motifs is 1. The van der Waals surface area contributed by atoms with Gasteiger partial charge in [0.2, 0.25) is 0 Å². The van der Waals surface area contributed by atoms with E-state index in [0.29, 0.717) is 11.2 Å². The molecule has 3 heterocycles. The molecule has 0 unspecified atom stereocenters. The van der Waals surface area contributed by atoms with E-state index < -0.39 is 24.5 Å². The molecule has 2 aromatic heterocycles. The molecule has 0 radical (unpaired) electrons. The zero-order valence-electron chi connectivity index (χ0n) is 10.2. The number of nitrogen functional groups attached to an aromatic ring is 1. The number of anilines is 1.